The molecule has 29 heavy (non-hydrogen) atoms. The molecular formula is C18H22F3IN4O2S. The summed E-state index contributed by atoms with van der Waals surface area (Å²) in [4.78, 5) is 18.6. The van der Waals surface area contributed by atoms with Gasteiger partial charge in [-0.2, -0.15) is 0 Å². The van der Waals surface area contributed by atoms with Gasteiger partial charge in [-0.25, -0.2) is 4.99 Å². The average Bonchev–Trinajstić information content (AvgIpc) is 3.14. The van der Waals surface area contributed by atoms with E-state index in [-0.39, 0.29) is 54.3 Å². The molecule has 0 aliphatic rings. The second-order valence-corrected chi connectivity index (χ2v) is 6.93. The molecule has 11 heteroatoms. The van der Waals surface area contributed by atoms with E-state index >= 15 is 0 Å². The molecule has 2 rings (SSSR count). The molecule has 0 fully saturated rings. The lowest BCUT2D eigenvalue weighted by Gasteiger charge is -2.15. The van der Waals surface area contributed by atoms with Crippen molar-refractivity contribution in [3.8, 4) is 5.75 Å². The molecular weight excluding hydrogens is 520 g/mol. The molecule has 160 valence electrons. The number of nitrogens with zero attached hydrogens (tertiary/aromatic N) is 2. The monoisotopic (exact) mass is 542 g/mol. The van der Waals surface area contributed by atoms with Crippen molar-refractivity contribution in [1.82, 2.24) is 15.5 Å². The number of nitrogens with one attached hydrogen (secondary N) is 2. The first-order valence-corrected chi connectivity index (χ1v) is 9.21. The van der Waals surface area contributed by atoms with Gasteiger partial charge < -0.3 is 20.3 Å². The Morgan fingerprint density at radius 3 is 2.52 bits per heavy atom. The molecule has 1 amide bonds. The Morgan fingerprint density at radius 1 is 1.17 bits per heavy atom. The van der Waals surface area contributed by atoms with Crippen LogP contribution in [0.5, 0.6) is 5.75 Å². The largest absolute Gasteiger partial charge is 0.573 e. The summed E-state index contributed by atoms with van der Waals surface area (Å²) < 4.78 is 41.7. The summed E-state index contributed by atoms with van der Waals surface area (Å²) >= 11 is 1.55. The Morgan fingerprint density at radius 2 is 1.90 bits per heavy atom. The third kappa shape index (κ3) is 9.35. The number of guanidine groups is 1. The van der Waals surface area contributed by atoms with Gasteiger partial charge in [-0.3, -0.25) is 4.79 Å². The highest BCUT2D eigenvalue weighted by molar-refractivity contribution is 14.0. The molecule has 0 radical (unpaired) electrons. The van der Waals surface area contributed by atoms with E-state index < -0.39 is 6.36 Å². The predicted molar refractivity (Wildman–Crippen MR) is 118 cm³/mol. The zero-order valence-corrected chi connectivity index (χ0v) is 19.0. The van der Waals surface area contributed by atoms with Crippen molar-refractivity contribution in [3.05, 3.63) is 52.2 Å². The molecule has 2 aromatic rings. The van der Waals surface area contributed by atoms with Gasteiger partial charge in [-0.1, -0.05) is 24.3 Å². The van der Waals surface area contributed by atoms with Gasteiger partial charge in [0.1, 0.15) is 5.75 Å². The van der Waals surface area contributed by atoms with Crippen molar-refractivity contribution in [2.75, 3.05) is 20.6 Å². The first-order valence-electron chi connectivity index (χ1n) is 8.33. The number of likely N-dealkylation sites (N-methyl/N-ethyl adjacent to an activating group) is 1. The van der Waals surface area contributed by atoms with Crippen LogP contribution in [0.4, 0.5) is 13.2 Å². The van der Waals surface area contributed by atoms with Crippen molar-refractivity contribution in [2.24, 2.45) is 4.99 Å². The molecule has 0 aliphatic heterocycles. The van der Waals surface area contributed by atoms with E-state index in [1.807, 2.05) is 17.5 Å². The first kappa shape index (κ1) is 25.0. The van der Waals surface area contributed by atoms with E-state index in [0.29, 0.717) is 12.5 Å². The lowest BCUT2D eigenvalue weighted by Crippen LogP contribution is -2.42. The number of para-hydroxylation sites is 1. The van der Waals surface area contributed by atoms with Crippen LogP contribution in [-0.4, -0.2) is 43.8 Å². The highest BCUT2D eigenvalue weighted by Gasteiger charge is 2.31. The summed E-state index contributed by atoms with van der Waals surface area (Å²) in [6.07, 6.45) is -4.78. The van der Waals surface area contributed by atoms with E-state index in [1.54, 1.807) is 31.5 Å². The quantitative estimate of drug-likeness (QED) is 0.319. The number of aliphatic imine (C=N–C) groups is 1. The number of hydrogen-bond acceptors (Lipinski definition) is 4. The zero-order valence-electron chi connectivity index (χ0n) is 15.8. The summed E-state index contributed by atoms with van der Waals surface area (Å²) in [6.45, 7) is 0.423. The molecule has 0 unspecified atom stereocenters. The second kappa shape index (κ2) is 11.9. The standard InChI is InChI=1S/C18H21F3N4O2S.HI/c1-25(2)16(26)12-24-17(23-11-14-7-5-9-28-14)22-10-13-6-3-4-8-15(13)27-18(19,20)21;/h3-9H,10-12H2,1-2H3,(H2,22,23,24);1H. The van der Waals surface area contributed by atoms with E-state index in [2.05, 4.69) is 20.4 Å². The molecule has 0 bridgehead atoms. The summed E-state index contributed by atoms with van der Waals surface area (Å²) in [5, 5.41) is 7.89. The van der Waals surface area contributed by atoms with Gasteiger partial charge in [0.25, 0.3) is 0 Å². The number of rotatable bonds is 7. The van der Waals surface area contributed by atoms with Crippen LogP contribution in [0.25, 0.3) is 0 Å². The van der Waals surface area contributed by atoms with Crippen LogP contribution >= 0.6 is 35.3 Å². The van der Waals surface area contributed by atoms with E-state index in [1.165, 1.54) is 23.1 Å². The van der Waals surface area contributed by atoms with Crippen LogP contribution in [0.15, 0.2) is 46.8 Å². The minimum atomic E-state index is -4.78. The summed E-state index contributed by atoms with van der Waals surface area (Å²) in [7, 11) is 3.26. The Hall–Kier alpha value is -2.02. The number of thiophene rings is 1. The number of halogens is 4. The molecule has 0 spiro atoms. The normalized spacial score (nSPS) is 11.4. The highest BCUT2D eigenvalue weighted by atomic mass is 127. The van der Waals surface area contributed by atoms with Gasteiger partial charge >= 0.3 is 6.36 Å². The molecule has 1 aromatic carbocycles. The summed E-state index contributed by atoms with van der Waals surface area (Å²) in [5.74, 6) is -0.155. The number of ether oxygens (including phenoxy) is 1. The summed E-state index contributed by atoms with van der Waals surface area (Å²) in [5.41, 5.74) is 0.274. The maximum absolute atomic E-state index is 12.6. The van der Waals surface area contributed by atoms with Crippen molar-refractivity contribution in [3.63, 3.8) is 0 Å². The number of alkyl halides is 3. The number of amides is 1. The number of hydrogen-bond donors (Lipinski definition) is 2. The fourth-order valence-corrected chi connectivity index (χ4v) is 2.74. The maximum atomic E-state index is 12.6. The fourth-order valence-electron chi connectivity index (χ4n) is 2.10. The topological polar surface area (TPSA) is 66.0 Å². The van der Waals surface area contributed by atoms with E-state index in [4.69, 9.17) is 0 Å². The summed E-state index contributed by atoms with van der Waals surface area (Å²) in [6, 6.07) is 9.65. The lowest BCUT2D eigenvalue weighted by molar-refractivity contribution is -0.274. The third-order valence-corrected chi connectivity index (χ3v) is 4.40. The zero-order chi connectivity index (χ0) is 20.6. The average molecular weight is 542 g/mol. The molecule has 6 nitrogen and oxygen atoms in total. The number of benzene rings is 1. The van der Waals surface area contributed by atoms with Gasteiger partial charge in [-0.05, 0) is 17.5 Å². The third-order valence-electron chi connectivity index (χ3n) is 3.52. The van der Waals surface area contributed by atoms with Gasteiger partial charge in [-0.15, -0.1) is 48.5 Å². The van der Waals surface area contributed by atoms with Crippen LogP contribution in [-0.2, 0) is 17.9 Å². The lowest BCUT2D eigenvalue weighted by atomic mass is 10.2. The van der Waals surface area contributed by atoms with Crippen molar-refractivity contribution in [1.29, 1.82) is 0 Å². The molecule has 0 atom stereocenters. The number of carbonyl (C=O) groups is 1. The minimum Gasteiger partial charge on any atom is -0.405 e. The SMILES string of the molecule is CN(C)C(=O)CNC(=NCc1ccccc1OC(F)(F)F)NCc1cccs1.I. The van der Waals surface area contributed by atoms with Gasteiger partial charge in [0.05, 0.1) is 19.6 Å². The molecule has 0 saturated heterocycles. The molecule has 0 saturated carbocycles. The molecule has 0 aliphatic carbocycles. The minimum absolute atomic E-state index is 0. The van der Waals surface area contributed by atoms with Crippen LogP contribution in [0.2, 0.25) is 0 Å². The van der Waals surface area contributed by atoms with Gasteiger partial charge in [0.2, 0.25) is 5.91 Å². The second-order valence-electron chi connectivity index (χ2n) is 5.89. The fraction of sp³-hybridized carbons (Fsp3) is 0.333. The maximum Gasteiger partial charge on any atom is 0.573 e. The molecule has 2 N–H and O–H groups in total. The van der Waals surface area contributed by atoms with Crippen molar-refractivity contribution < 1.29 is 22.7 Å². The number of carbonyl (C=O) groups excluding carboxylic acids is 1. The van der Waals surface area contributed by atoms with Crippen molar-refractivity contribution >= 4 is 47.2 Å². The van der Waals surface area contributed by atoms with Crippen molar-refractivity contribution in [2.45, 2.75) is 19.5 Å². The van der Waals surface area contributed by atoms with Gasteiger partial charge in [0, 0.05) is 24.5 Å². The Bertz CT molecular complexity index is 799. The Kier molecular flexibility index (Phi) is 10.2. The van der Waals surface area contributed by atoms with Crippen LogP contribution in [0, 0.1) is 0 Å². The first-order chi connectivity index (χ1) is 13.2. The van der Waals surface area contributed by atoms with Crippen LogP contribution < -0.4 is 15.4 Å². The smallest absolute Gasteiger partial charge is 0.405 e. The van der Waals surface area contributed by atoms with Crippen LogP contribution in [0.1, 0.15) is 10.4 Å². The Balaban J connectivity index is 0.00000420. The predicted octanol–water partition coefficient (Wildman–Crippen LogP) is 3.59. The molecule has 1 heterocycles. The van der Waals surface area contributed by atoms with Crippen LogP contribution in [0.3, 0.4) is 0 Å². The van der Waals surface area contributed by atoms with E-state index in [0.717, 1.165) is 4.88 Å². The Labute approximate surface area is 188 Å². The molecule has 1 aromatic heterocycles. The van der Waals surface area contributed by atoms with E-state index in [9.17, 15) is 18.0 Å². The van der Waals surface area contributed by atoms with Gasteiger partial charge in [0.15, 0.2) is 5.96 Å². The highest BCUT2D eigenvalue weighted by Crippen LogP contribution is 2.26.